The minimum absolute atomic E-state index is 0.0919. The fourth-order valence-corrected chi connectivity index (χ4v) is 2.94. The third-order valence-corrected chi connectivity index (χ3v) is 3.99. The summed E-state index contributed by atoms with van der Waals surface area (Å²) < 4.78 is 6.81. The number of methoxy groups -OCH3 is 1. The van der Waals surface area contributed by atoms with Gasteiger partial charge in [-0.05, 0) is 12.0 Å². The number of hydrogen-bond acceptors (Lipinski definition) is 5. The molecule has 0 saturated carbocycles. The molecule has 142 valence electrons. The predicted octanol–water partition coefficient (Wildman–Crippen LogP) is 1.94. The number of nitrogens with zero attached hydrogens (tertiary/aromatic N) is 3. The predicted molar refractivity (Wildman–Crippen MR) is 103 cm³/mol. The van der Waals surface area contributed by atoms with Gasteiger partial charge in [0.25, 0.3) is 0 Å². The van der Waals surface area contributed by atoms with Gasteiger partial charge in [0.1, 0.15) is 12.1 Å². The summed E-state index contributed by atoms with van der Waals surface area (Å²) in [5.74, 6) is 0.105. The smallest absolute Gasteiger partial charge is 0.246 e. The average molecular weight is 369 g/mol. The summed E-state index contributed by atoms with van der Waals surface area (Å²) in [6.45, 7) is 4.84. The molecular weight excluding hydrogens is 346 g/mol. The molecule has 0 fully saturated rings. The Morgan fingerprint density at radius 1 is 1.22 bits per heavy atom. The normalized spacial score (nSPS) is 11.3. The molecule has 0 bridgehead atoms. The van der Waals surface area contributed by atoms with Crippen molar-refractivity contribution in [2.75, 3.05) is 25.6 Å². The maximum absolute atomic E-state index is 12.2. The molecule has 8 heteroatoms. The molecule has 0 aliphatic heterocycles. The van der Waals surface area contributed by atoms with Crippen molar-refractivity contribution in [3.05, 3.63) is 30.6 Å². The number of hydrogen-bond donors (Lipinski definition) is 2. The molecule has 2 N–H and O–H groups in total. The summed E-state index contributed by atoms with van der Waals surface area (Å²) in [6, 6.07) is 7.76. The minimum atomic E-state index is -0.373. The van der Waals surface area contributed by atoms with E-state index in [1.165, 1.54) is 7.11 Å². The molecule has 8 nitrogen and oxygen atoms in total. The van der Waals surface area contributed by atoms with Gasteiger partial charge >= 0.3 is 0 Å². The highest BCUT2D eigenvalue weighted by Gasteiger charge is 2.16. The number of aromatic nitrogens is 3. The average Bonchev–Trinajstić information content (AvgIpc) is 3.04. The van der Waals surface area contributed by atoms with E-state index in [9.17, 15) is 9.59 Å². The Morgan fingerprint density at radius 2 is 2.00 bits per heavy atom. The van der Waals surface area contributed by atoms with E-state index in [0.717, 1.165) is 23.0 Å². The molecule has 0 radical (unpaired) electrons. The second kappa shape index (κ2) is 8.13. The zero-order chi connectivity index (χ0) is 19.4. The Labute approximate surface area is 156 Å². The van der Waals surface area contributed by atoms with Crippen molar-refractivity contribution in [3.63, 3.8) is 0 Å². The fourth-order valence-electron chi connectivity index (χ4n) is 2.94. The van der Waals surface area contributed by atoms with E-state index in [-0.39, 0.29) is 25.0 Å². The Balaban J connectivity index is 1.94. The second-order valence-electron chi connectivity index (χ2n) is 6.72. The number of rotatable bonds is 7. The van der Waals surface area contributed by atoms with E-state index in [0.29, 0.717) is 17.3 Å². The zero-order valence-corrected chi connectivity index (χ0v) is 15.7. The topological polar surface area (TPSA) is 98.1 Å². The molecule has 2 aromatic heterocycles. The van der Waals surface area contributed by atoms with Crippen LogP contribution in [0.5, 0.6) is 0 Å². The molecule has 0 spiro atoms. The molecule has 2 heterocycles. The first-order valence-electron chi connectivity index (χ1n) is 8.78. The van der Waals surface area contributed by atoms with E-state index in [4.69, 9.17) is 4.74 Å². The van der Waals surface area contributed by atoms with Crippen LogP contribution >= 0.6 is 0 Å². The van der Waals surface area contributed by atoms with Crippen LogP contribution in [0.1, 0.15) is 13.8 Å². The second-order valence-corrected chi connectivity index (χ2v) is 6.72. The lowest BCUT2D eigenvalue weighted by Crippen LogP contribution is -2.35. The molecule has 27 heavy (non-hydrogen) atoms. The quantitative estimate of drug-likeness (QED) is 0.663. The van der Waals surface area contributed by atoms with Crippen LogP contribution in [0.4, 0.5) is 5.82 Å². The van der Waals surface area contributed by atoms with Crippen molar-refractivity contribution in [1.29, 1.82) is 0 Å². The number of para-hydroxylation sites is 1. The van der Waals surface area contributed by atoms with E-state index in [2.05, 4.69) is 39.0 Å². The van der Waals surface area contributed by atoms with Gasteiger partial charge in [-0.15, -0.1) is 0 Å². The number of anilines is 1. The monoisotopic (exact) mass is 369 g/mol. The van der Waals surface area contributed by atoms with Gasteiger partial charge in [-0.1, -0.05) is 32.0 Å². The third kappa shape index (κ3) is 4.22. The summed E-state index contributed by atoms with van der Waals surface area (Å²) in [7, 11) is 1.42. The van der Waals surface area contributed by atoms with Crippen LogP contribution in [0, 0.1) is 5.92 Å². The van der Waals surface area contributed by atoms with Crippen molar-refractivity contribution in [3.8, 4) is 0 Å². The van der Waals surface area contributed by atoms with Crippen LogP contribution in [0.15, 0.2) is 30.6 Å². The van der Waals surface area contributed by atoms with Gasteiger partial charge in [-0.2, -0.15) is 0 Å². The number of imidazole rings is 1. The number of carbonyl (C=O) groups excluding carboxylic acids is 2. The summed E-state index contributed by atoms with van der Waals surface area (Å²) in [5, 5.41) is 6.23. The highest BCUT2D eigenvalue weighted by molar-refractivity contribution is 6.09. The van der Waals surface area contributed by atoms with Crippen LogP contribution in [0.2, 0.25) is 0 Å². The minimum Gasteiger partial charge on any atom is -0.375 e. The lowest BCUT2D eigenvalue weighted by Gasteiger charge is -2.11. The number of amides is 2. The highest BCUT2D eigenvalue weighted by Crippen LogP contribution is 2.29. The maximum Gasteiger partial charge on any atom is 0.246 e. The Kier molecular flexibility index (Phi) is 5.66. The van der Waals surface area contributed by atoms with E-state index in [1.807, 2.05) is 24.3 Å². The van der Waals surface area contributed by atoms with E-state index >= 15 is 0 Å². The molecule has 3 aromatic rings. The SMILES string of the molecule is COCC(=O)NCC(=O)Nc1nc2ccccc2c2c1ncn2CC(C)C. The lowest BCUT2D eigenvalue weighted by molar-refractivity contribution is -0.127. The van der Waals surface area contributed by atoms with Crippen LogP contribution in [-0.2, 0) is 20.9 Å². The Bertz CT molecular complexity index is 980. The summed E-state index contributed by atoms with van der Waals surface area (Å²) >= 11 is 0. The first-order valence-corrected chi connectivity index (χ1v) is 8.78. The molecule has 3 rings (SSSR count). The van der Waals surface area contributed by atoms with Gasteiger partial charge in [0.2, 0.25) is 11.8 Å². The summed E-state index contributed by atoms with van der Waals surface area (Å²) in [6.07, 6.45) is 1.77. The van der Waals surface area contributed by atoms with Crippen molar-refractivity contribution in [1.82, 2.24) is 19.9 Å². The molecule has 0 aliphatic rings. The Morgan fingerprint density at radius 3 is 2.74 bits per heavy atom. The summed E-state index contributed by atoms with van der Waals surface area (Å²) in [4.78, 5) is 32.7. The van der Waals surface area contributed by atoms with Gasteiger partial charge in [0.15, 0.2) is 5.82 Å². The molecular formula is C19H23N5O3. The lowest BCUT2D eigenvalue weighted by atomic mass is 10.1. The largest absolute Gasteiger partial charge is 0.375 e. The number of ether oxygens (including phenoxy) is 1. The van der Waals surface area contributed by atoms with Crippen LogP contribution < -0.4 is 10.6 Å². The van der Waals surface area contributed by atoms with Crippen molar-refractivity contribution in [2.45, 2.75) is 20.4 Å². The number of nitrogens with one attached hydrogen (secondary N) is 2. The van der Waals surface area contributed by atoms with Gasteiger partial charge < -0.3 is 19.9 Å². The molecule has 0 aliphatic carbocycles. The summed E-state index contributed by atoms with van der Waals surface area (Å²) in [5.41, 5.74) is 2.34. The van der Waals surface area contributed by atoms with Crippen LogP contribution in [-0.4, -0.2) is 46.6 Å². The molecule has 0 atom stereocenters. The van der Waals surface area contributed by atoms with E-state index in [1.54, 1.807) is 6.33 Å². The number of carbonyl (C=O) groups is 2. The molecule has 1 aromatic carbocycles. The third-order valence-electron chi connectivity index (χ3n) is 3.99. The van der Waals surface area contributed by atoms with Crippen LogP contribution in [0.3, 0.4) is 0 Å². The standard InChI is InChI=1S/C19H23N5O3/c1-12(2)9-24-11-21-17-18(24)13-6-4-5-7-14(13)22-19(17)23-15(25)8-20-16(26)10-27-3/h4-7,11-12H,8-10H2,1-3H3,(H,20,26)(H,22,23,25). The Hall–Kier alpha value is -3.00. The van der Waals surface area contributed by atoms with Crippen molar-refractivity contribution < 1.29 is 14.3 Å². The fraction of sp³-hybridized carbons (Fsp3) is 0.368. The zero-order valence-electron chi connectivity index (χ0n) is 15.7. The first-order chi connectivity index (χ1) is 13.0. The van der Waals surface area contributed by atoms with Crippen molar-refractivity contribution >= 4 is 39.6 Å². The van der Waals surface area contributed by atoms with Crippen molar-refractivity contribution in [2.24, 2.45) is 5.92 Å². The molecule has 0 unspecified atom stereocenters. The van der Waals surface area contributed by atoms with E-state index < -0.39 is 0 Å². The molecule has 2 amide bonds. The van der Waals surface area contributed by atoms with Gasteiger partial charge in [0.05, 0.1) is 23.9 Å². The highest BCUT2D eigenvalue weighted by atomic mass is 16.5. The number of pyridine rings is 1. The van der Waals surface area contributed by atoms with Gasteiger partial charge in [-0.3, -0.25) is 9.59 Å². The number of fused-ring (bicyclic) bond motifs is 3. The van der Waals surface area contributed by atoms with Crippen LogP contribution in [0.25, 0.3) is 21.9 Å². The number of benzene rings is 1. The maximum atomic E-state index is 12.2. The van der Waals surface area contributed by atoms with Gasteiger partial charge in [-0.25, -0.2) is 9.97 Å². The first kappa shape index (κ1) is 18.8. The molecule has 0 saturated heterocycles. The van der Waals surface area contributed by atoms with Gasteiger partial charge in [0, 0.05) is 19.0 Å².